The van der Waals surface area contributed by atoms with Crippen molar-refractivity contribution < 1.29 is 0 Å². The van der Waals surface area contributed by atoms with Crippen molar-refractivity contribution in [3.63, 3.8) is 0 Å². The van der Waals surface area contributed by atoms with Crippen LogP contribution in [0.2, 0.25) is 8.67 Å². The van der Waals surface area contributed by atoms with Gasteiger partial charge in [-0.2, -0.15) is 0 Å². The Labute approximate surface area is 86.8 Å². The largest absolute Gasteiger partial charge is 0.111 e. The van der Waals surface area contributed by atoms with Crippen LogP contribution in [-0.2, 0) is 0 Å². The van der Waals surface area contributed by atoms with E-state index in [1.807, 2.05) is 13.0 Å². The molecule has 0 nitrogen and oxygen atoms in total. The minimum Gasteiger partial charge on any atom is -0.111 e. The molecule has 0 fully saturated rings. The lowest BCUT2D eigenvalue weighted by molar-refractivity contribution is 1.24. The predicted molar refractivity (Wildman–Crippen MR) is 58.3 cm³/mol. The minimum atomic E-state index is 0.753. The second kappa shape index (κ2) is 4.31. The molecule has 1 rings (SSSR count). The summed E-state index contributed by atoms with van der Waals surface area (Å²) in [6.07, 6.45) is 3.06. The average Bonchev–Trinajstić information content (AvgIpc) is 2.34. The highest BCUT2D eigenvalue weighted by atomic mass is 35.5. The normalized spacial score (nSPS) is 12.2. The third-order valence-electron chi connectivity index (χ3n) is 1.73. The molecule has 66 valence electrons. The molecule has 3 heteroatoms. The van der Waals surface area contributed by atoms with Gasteiger partial charge in [-0.1, -0.05) is 36.2 Å². The second-order valence-corrected chi connectivity index (χ2v) is 4.69. The van der Waals surface area contributed by atoms with Crippen LogP contribution >= 0.6 is 34.5 Å². The molecule has 0 atom stereocenters. The van der Waals surface area contributed by atoms with Gasteiger partial charge >= 0.3 is 0 Å². The summed E-state index contributed by atoms with van der Waals surface area (Å²) >= 11 is 13.2. The molecule has 0 bridgehead atoms. The zero-order valence-corrected chi connectivity index (χ0v) is 9.35. The van der Waals surface area contributed by atoms with Crippen molar-refractivity contribution in [3.8, 4) is 0 Å². The van der Waals surface area contributed by atoms with Crippen LogP contribution in [0.5, 0.6) is 0 Å². The highest BCUT2D eigenvalue weighted by Gasteiger charge is 2.07. The molecule has 0 spiro atoms. The molecule has 1 aromatic heterocycles. The summed E-state index contributed by atoms with van der Waals surface area (Å²) in [5, 5.41) is 0. The van der Waals surface area contributed by atoms with E-state index in [1.165, 1.54) is 16.9 Å². The van der Waals surface area contributed by atoms with E-state index in [4.69, 9.17) is 23.2 Å². The fraction of sp³-hybridized carbons (Fsp3) is 0.333. The Morgan fingerprint density at radius 1 is 1.58 bits per heavy atom. The number of hydrogen-bond donors (Lipinski definition) is 0. The van der Waals surface area contributed by atoms with Crippen molar-refractivity contribution in [1.29, 1.82) is 0 Å². The molecule has 0 aliphatic heterocycles. The Morgan fingerprint density at radius 3 is 2.58 bits per heavy atom. The molecule has 0 aliphatic rings. The zero-order valence-electron chi connectivity index (χ0n) is 7.03. The first kappa shape index (κ1) is 10.1. The summed E-state index contributed by atoms with van der Waals surface area (Å²) < 4.78 is 1.54. The van der Waals surface area contributed by atoms with Gasteiger partial charge in [0.05, 0.1) is 4.34 Å². The number of allylic oxidation sites excluding steroid dienone is 2. The Hall–Kier alpha value is 0.0200. The summed E-state index contributed by atoms with van der Waals surface area (Å²) in [5.74, 6) is 0. The van der Waals surface area contributed by atoms with E-state index in [1.54, 1.807) is 0 Å². The molecule has 1 heterocycles. The van der Waals surface area contributed by atoms with Gasteiger partial charge in [0.2, 0.25) is 0 Å². The maximum absolute atomic E-state index is 5.99. The number of rotatable bonds is 2. The molecule has 1 aromatic rings. The lowest BCUT2D eigenvalue weighted by Crippen LogP contribution is -1.77. The molecule has 0 saturated heterocycles. The Bertz CT molecular complexity index is 299. The summed E-state index contributed by atoms with van der Waals surface area (Å²) in [4.78, 5) is 0. The van der Waals surface area contributed by atoms with Crippen LogP contribution in [0, 0.1) is 0 Å². The van der Waals surface area contributed by atoms with Crippen LogP contribution in [0.4, 0.5) is 0 Å². The van der Waals surface area contributed by atoms with E-state index in [0.29, 0.717) is 0 Å². The van der Waals surface area contributed by atoms with E-state index < -0.39 is 0 Å². The van der Waals surface area contributed by atoms with Gasteiger partial charge < -0.3 is 0 Å². The van der Waals surface area contributed by atoms with E-state index in [0.717, 1.165) is 20.7 Å². The topological polar surface area (TPSA) is 0 Å². The maximum Gasteiger partial charge on any atom is 0.102 e. The summed E-state index contributed by atoms with van der Waals surface area (Å²) in [5.41, 5.74) is 2.33. The lowest BCUT2D eigenvalue weighted by Gasteiger charge is -1.99. The van der Waals surface area contributed by atoms with Gasteiger partial charge in [0.1, 0.15) is 4.34 Å². The molecule has 12 heavy (non-hydrogen) atoms. The summed E-state index contributed by atoms with van der Waals surface area (Å²) in [6, 6.07) is 1.92. The van der Waals surface area contributed by atoms with Crippen molar-refractivity contribution in [2.24, 2.45) is 0 Å². The van der Waals surface area contributed by atoms with Gasteiger partial charge in [-0.15, -0.1) is 11.3 Å². The van der Waals surface area contributed by atoms with Gasteiger partial charge in [-0.05, 0) is 25.0 Å². The molecule has 0 N–H and O–H groups in total. The standard InChI is InChI=1S/C9H10Cl2S/c1-3-6(4-2)7-5-8(10)12-9(7)11/h3,5H,4H2,1-2H3/b6-3-. The fourth-order valence-electron chi connectivity index (χ4n) is 1.11. The quantitative estimate of drug-likeness (QED) is 0.668. The van der Waals surface area contributed by atoms with Crippen molar-refractivity contribution >= 4 is 40.1 Å². The molecule has 0 aromatic carbocycles. The number of halogens is 2. The predicted octanol–water partition coefficient (Wildman–Crippen LogP) is 4.87. The van der Waals surface area contributed by atoms with Crippen LogP contribution in [0.25, 0.3) is 5.57 Å². The van der Waals surface area contributed by atoms with E-state index in [9.17, 15) is 0 Å². The summed E-state index contributed by atoms with van der Waals surface area (Å²) in [7, 11) is 0. The van der Waals surface area contributed by atoms with E-state index in [-0.39, 0.29) is 0 Å². The first-order valence-electron chi connectivity index (χ1n) is 3.79. The van der Waals surface area contributed by atoms with E-state index in [2.05, 4.69) is 13.0 Å². The summed E-state index contributed by atoms with van der Waals surface area (Å²) in [6.45, 7) is 4.12. The van der Waals surface area contributed by atoms with E-state index >= 15 is 0 Å². The fourth-order valence-corrected chi connectivity index (χ4v) is 2.64. The monoisotopic (exact) mass is 220 g/mol. The first-order valence-corrected chi connectivity index (χ1v) is 5.36. The zero-order chi connectivity index (χ0) is 9.14. The number of thiophene rings is 1. The SMILES string of the molecule is C/C=C(/CC)c1cc(Cl)sc1Cl. The second-order valence-electron chi connectivity index (χ2n) is 2.41. The van der Waals surface area contributed by atoms with Gasteiger partial charge in [-0.25, -0.2) is 0 Å². The van der Waals surface area contributed by atoms with Gasteiger partial charge in [-0.3, -0.25) is 0 Å². The average molecular weight is 221 g/mol. The Balaban J connectivity index is 3.09. The third-order valence-corrected chi connectivity index (χ3v) is 3.22. The van der Waals surface area contributed by atoms with Crippen LogP contribution in [0.3, 0.4) is 0 Å². The van der Waals surface area contributed by atoms with Crippen LogP contribution < -0.4 is 0 Å². The molecular formula is C9H10Cl2S. The third kappa shape index (κ3) is 2.03. The molecule has 0 aliphatic carbocycles. The number of hydrogen-bond acceptors (Lipinski definition) is 1. The smallest absolute Gasteiger partial charge is 0.102 e. The molecular weight excluding hydrogens is 211 g/mol. The highest BCUT2D eigenvalue weighted by Crippen LogP contribution is 2.36. The van der Waals surface area contributed by atoms with Crippen molar-refractivity contribution in [2.45, 2.75) is 20.3 Å². The van der Waals surface area contributed by atoms with Gasteiger partial charge in [0.25, 0.3) is 0 Å². The Morgan fingerprint density at radius 2 is 2.25 bits per heavy atom. The maximum atomic E-state index is 5.99. The van der Waals surface area contributed by atoms with Gasteiger partial charge in [0, 0.05) is 5.56 Å². The minimum absolute atomic E-state index is 0.753. The molecule has 0 radical (unpaired) electrons. The van der Waals surface area contributed by atoms with Crippen molar-refractivity contribution in [1.82, 2.24) is 0 Å². The lowest BCUT2D eigenvalue weighted by atomic mass is 10.1. The molecule has 0 unspecified atom stereocenters. The van der Waals surface area contributed by atoms with Gasteiger partial charge in [0.15, 0.2) is 0 Å². The highest BCUT2D eigenvalue weighted by molar-refractivity contribution is 7.20. The Kier molecular flexibility index (Phi) is 3.63. The molecule has 0 saturated carbocycles. The van der Waals surface area contributed by atoms with Crippen LogP contribution in [-0.4, -0.2) is 0 Å². The van der Waals surface area contributed by atoms with Crippen LogP contribution in [0.15, 0.2) is 12.1 Å². The van der Waals surface area contributed by atoms with Crippen molar-refractivity contribution in [3.05, 3.63) is 26.4 Å². The first-order chi connectivity index (χ1) is 5.69. The molecule has 0 amide bonds. The van der Waals surface area contributed by atoms with Crippen LogP contribution in [0.1, 0.15) is 25.8 Å². The van der Waals surface area contributed by atoms with Crippen molar-refractivity contribution in [2.75, 3.05) is 0 Å².